The summed E-state index contributed by atoms with van der Waals surface area (Å²) in [5, 5.41) is 8.98. The number of carboxylic acid groups (broad SMARTS) is 1. The summed E-state index contributed by atoms with van der Waals surface area (Å²) < 4.78 is 14.2. The van der Waals surface area contributed by atoms with Gasteiger partial charge in [-0.1, -0.05) is 6.07 Å². The first kappa shape index (κ1) is 15.9. The zero-order valence-electron chi connectivity index (χ0n) is 11.6. The Morgan fingerprint density at radius 2 is 1.90 bits per heavy atom. The Morgan fingerprint density at radius 1 is 1.29 bits per heavy atom. The molecule has 0 aliphatic carbocycles. The Bertz CT molecular complexity index is 559. The number of aliphatic carboxylic acids is 1. The Kier molecular flexibility index (Phi) is 4.95. The molecule has 0 radical (unpaired) electrons. The molecule has 21 heavy (non-hydrogen) atoms. The molecule has 1 aliphatic heterocycles. The average molecular weight is 359 g/mol. The van der Waals surface area contributed by atoms with Crippen molar-refractivity contribution in [1.82, 2.24) is 9.80 Å². The largest absolute Gasteiger partial charge is 0.480 e. The maximum atomic E-state index is 13.9. The Labute approximate surface area is 130 Å². The van der Waals surface area contributed by atoms with E-state index in [1.165, 1.54) is 6.07 Å². The molecule has 1 fully saturated rings. The fourth-order valence-electron chi connectivity index (χ4n) is 2.31. The van der Waals surface area contributed by atoms with Gasteiger partial charge in [-0.25, -0.2) is 4.39 Å². The maximum Gasteiger partial charge on any atom is 0.320 e. The topological polar surface area (TPSA) is 60.9 Å². The van der Waals surface area contributed by atoms with E-state index in [-0.39, 0.29) is 15.9 Å². The molecule has 1 amide bonds. The highest BCUT2D eigenvalue weighted by Crippen LogP contribution is 2.20. The molecular weight excluding hydrogens is 343 g/mol. The van der Waals surface area contributed by atoms with E-state index in [4.69, 9.17) is 5.11 Å². The number of amides is 1. The average Bonchev–Trinajstić information content (AvgIpc) is 2.48. The number of halogens is 2. The van der Waals surface area contributed by atoms with E-state index in [1.54, 1.807) is 28.9 Å². The van der Waals surface area contributed by atoms with Crippen LogP contribution in [0.4, 0.5) is 4.39 Å². The zero-order chi connectivity index (χ0) is 15.6. The van der Waals surface area contributed by atoms with Crippen molar-refractivity contribution in [3.8, 4) is 0 Å². The van der Waals surface area contributed by atoms with Crippen LogP contribution in [0.2, 0.25) is 0 Å². The minimum atomic E-state index is -0.882. The Morgan fingerprint density at radius 3 is 2.48 bits per heavy atom. The van der Waals surface area contributed by atoms with Gasteiger partial charge in [-0.15, -0.1) is 0 Å². The van der Waals surface area contributed by atoms with Gasteiger partial charge >= 0.3 is 5.97 Å². The van der Waals surface area contributed by atoms with E-state index < -0.39 is 17.8 Å². The molecule has 2 rings (SSSR count). The summed E-state index contributed by atoms with van der Waals surface area (Å²) in [5.74, 6) is -1.81. The van der Waals surface area contributed by atoms with Crippen molar-refractivity contribution in [1.29, 1.82) is 0 Å². The molecule has 1 atom stereocenters. The lowest BCUT2D eigenvalue weighted by molar-refractivity contribution is -0.143. The van der Waals surface area contributed by atoms with Crippen molar-refractivity contribution < 1.29 is 19.1 Å². The number of carboxylic acids is 1. The minimum Gasteiger partial charge on any atom is -0.480 e. The molecule has 0 bridgehead atoms. The molecule has 1 aromatic rings. The molecule has 7 heteroatoms. The molecule has 1 aliphatic rings. The van der Waals surface area contributed by atoms with E-state index in [0.29, 0.717) is 26.2 Å². The highest BCUT2D eigenvalue weighted by Gasteiger charge is 2.28. The number of hydrogen-bond acceptors (Lipinski definition) is 3. The summed E-state index contributed by atoms with van der Waals surface area (Å²) in [6, 6.07) is 4.03. The fourth-order valence-corrected chi connectivity index (χ4v) is 2.67. The second-order valence-corrected chi connectivity index (χ2v) is 5.80. The lowest BCUT2D eigenvalue weighted by atomic mass is 10.1. The number of nitrogens with zero attached hydrogens (tertiary/aromatic N) is 2. The van der Waals surface area contributed by atoms with Crippen molar-refractivity contribution in [2.24, 2.45) is 0 Å². The summed E-state index contributed by atoms with van der Waals surface area (Å²) in [4.78, 5) is 26.6. The lowest BCUT2D eigenvalue weighted by Gasteiger charge is -2.36. The standard InChI is InChI=1S/C14H16BrFN2O3/c1-9(14(20)21)17-5-7-18(8-6-17)13(19)10-3-2-4-11(15)12(10)16/h2-4,9H,5-8H2,1H3,(H,20,21). The SMILES string of the molecule is CC(C(=O)O)N1CCN(C(=O)c2cccc(Br)c2F)CC1. The number of carbonyl (C=O) groups excluding carboxylic acids is 1. The number of hydrogen-bond donors (Lipinski definition) is 1. The lowest BCUT2D eigenvalue weighted by Crippen LogP contribution is -2.53. The van der Waals surface area contributed by atoms with Crippen LogP contribution in [0.25, 0.3) is 0 Å². The van der Waals surface area contributed by atoms with E-state index in [0.717, 1.165) is 0 Å². The van der Waals surface area contributed by atoms with Crippen LogP contribution >= 0.6 is 15.9 Å². The third kappa shape index (κ3) is 3.41. The highest BCUT2D eigenvalue weighted by molar-refractivity contribution is 9.10. The summed E-state index contributed by atoms with van der Waals surface area (Å²) in [5.41, 5.74) is 0.0316. The summed E-state index contributed by atoms with van der Waals surface area (Å²) in [7, 11) is 0. The summed E-state index contributed by atoms with van der Waals surface area (Å²) in [6.45, 7) is 3.34. The van der Waals surface area contributed by atoms with Crippen LogP contribution in [0.1, 0.15) is 17.3 Å². The second kappa shape index (κ2) is 6.53. The van der Waals surface area contributed by atoms with Gasteiger partial charge in [0.25, 0.3) is 5.91 Å². The zero-order valence-corrected chi connectivity index (χ0v) is 13.1. The van der Waals surface area contributed by atoms with Gasteiger partial charge in [0.1, 0.15) is 11.9 Å². The number of carbonyl (C=O) groups is 2. The Hall–Kier alpha value is -1.47. The van der Waals surface area contributed by atoms with E-state index in [1.807, 2.05) is 0 Å². The van der Waals surface area contributed by atoms with Crippen LogP contribution in [0.3, 0.4) is 0 Å². The van der Waals surface area contributed by atoms with Gasteiger partial charge in [0, 0.05) is 26.2 Å². The first-order chi connectivity index (χ1) is 9.91. The third-order valence-corrected chi connectivity index (χ3v) is 4.30. The number of piperazine rings is 1. The van der Waals surface area contributed by atoms with Crippen molar-refractivity contribution in [2.45, 2.75) is 13.0 Å². The molecule has 0 aromatic heterocycles. The van der Waals surface area contributed by atoms with Crippen LogP contribution in [0.5, 0.6) is 0 Å². The summed E-state index contributed by atoms with van der Waals surface area (Å²) >= 11 is 3.06. The molecular formula is C14H16BrFN2O3. The van der Waals surface area contributed by atoms with Crippen molar-refractivity contribution in [3.63, 3.8) is 0 Å². The van der Waals surface area contributed by atoms with Crippen molar-refractivity contribution >= 4 is 27.8 Å². The molecule has 1 saturated heterocycles. The molecule has 0 saturated carbocycles. The molecule has 114 valence electrons. The van der Waals surface area contributed by atoms with Crippen molar-refractivity contribution in [3.05, 3.63) is 34.1 Å². The van der Waals surface area contributed by atoms with Gasteiger partial charge in [-0.2, -0.15) is 0 Å². The number of benzene rings is 1. The van der Waals surface area contributed by atoms with Gasteiger partial charge in [0.2, 0.25) is 0 Å². The molecule has 1 aromatic carbocycles. The van der Waals surface area contributed by atoms with Gasteiger partial charge in [0.15, 0.2) is 0 Å². The first-order valence-corrected chi connectivity index (χ1v) is 7.41. The predicted molar refractivity (Wildman–Crippen MR) is 78.7 cm³/mol. The summed E-state index contributed by atoms with van der Waals surface area (Å²) in [6.07, 6.45) is 0. The van der Waals surface area contributed by atoms with Crippen LogP contribution in [0, 0.1) is 5.82 Å². The van der Waals surface area contributed by atoms with Gasteiger partial charge in [0.05, 0.1) is 10.0 Å². The first-order valence-electron chi connectivity index (χ1n) is 6.62. The van der Waals surface area contributed by atoms with E-state index in [9.17, 15) is 14.0 Å². The van der Waals surface area contributed by atoms with Crippen molar-refractivity contribution in [2.75, 3.05) is 26.2 Å². The number of rotatable bonds is 3. The maximum absolute atomic E-state index is 13.9. The van der Waals surface area contributed by atoms with Gasteiger partial charge < -0.3 is 10.0 Å². The van der Waals surface area contributed by atoms with E-state index >= 15 is 0 Å². The Balaban J connectivity index is 2.04. The fraction of sp³-hybridized carbons (Fsp3) is 0.429. The van der Waals surface area contributed by atoms with Gasteiger partial charge in [-0.3, -0.25) is 14.5 Å². The van der Waals surface area contributed by atoms with E-state index in [2.05, 4.69) is 15.9 Å². The molecule has 0 spiro atoms. The quantitative estimate of drug-likeness (QED) is 0.895. The van der Waals surface area contributed by atoms with Gasteiger partial charge in [-0.05, 0) is 35.0 Å². The van der Waals surface area contributed by atoms with Crippen LogP contribution in [0.15, 0.2) is 22.7 Å². The van der Waals surface area contributed by atoms with Crippen LogP contribution in [-0.4, -0.2) is 59.0 Å². The normalized spacial score (nSPS) is 17.6. The second-order valence-electron chi connectivity index (χ2n) is 4.94. The predicted octanol–water partition coefficient (Wildman–Crippen LogP) is 1.82. The molecule has 1 heterocycles. The van der Waals surface area contributed by atoms with Crippen LogP contribution < -0.4 is 0 Å². The van der Waals surface area contributed by atoms with Crippen LogP contribution in [-0.2, 0) is 4.79 Å². The third-order valence-electron chi connectivity index (χ3n) is 3.69. The molecule has 1 N–H and O–H groups in total. The smallest absolute Gasteiger partial charge is 0.320 e. The molecule has 1 unspecified atom stereocenters. The highest BCUT2D eigenvalue weighted by atomic mass is 79.9. The minimum absolute atomic E-state index is 0.0316. The monoisotopic (exact) mass is 358 g/mol. The molecule has 5 nitrogen and oxygen atoms in total.